The van der Waals surface area contributed by atoms with Crippen molar-refractivity contribution in [2.75, 3.05) is 13.6 Å². The van der Waals surface area contributed by atoms with Crippen LogP contribution in [0.15, 0.2) is 36.9 Å². The number of likely N-dealkylation sites (N-methyl/N-ethyl adjacent to an activating group) is 1. The lowest BCUT2D eigenvalue weighted by Crippen LogP contribution is -2.60. The van der Waals surface area contributed by atoms with Crippen molar-refractivity contribution in [2.45, 2.75) is 49.9 Å². The maximum absolute atomic E-state index is 10.7. The molecule has 0 amide bonds. The van der Waals surface area contributed by atoms with E-state index >= 15 is 0 Å². The highest BCUT2D eigenvalue weighted by Crippen LogP contribution is 2.60. The molecule has 5 atom stereocenters. The Morgan fingerprint density at radius 3 is 2.92 bits per heavy atom. The highest BCUT2D eigenvalue weighted by Gasteiger charge is 2.61. The number of ether oxygens (including phenoxy) is 1. The van der Waals surface area contributed by atoms with Crippen LogP contribution in [0.4, 0.5) is 0 Å². The second-order valence-electron chi connectivity index (χ2n) is 7.67. The van der Waals surface area contributed by atoms with E-state index < -0.39 is 6.10 Å². The average Bonchev–Trinajstić information content (AvgIpc) is 2.93. The number of aromatic hydroxyl groups is 1. The van der Waals surface area contributed by atoms with Crippen molar-refractivity contribution < 1.29 is 14.9 Å². The van der Waals surface area contributed by atoms with Gasteiger partial charge in [0.15, 0.2) is 0 Å². The van der Waals surface area contributed by atoms with E-state index in [0.29, 0.717) is 5.75 Å². The van der Waals surface area contributed by atoms with Crippen LogP contribution < -0.4 is 4.74 Å². The Morgan fingerprint density at radius 1 is 1.40 bits per heavy atom. The first kappa shape index (κ1) is 16.7. The molecule has 1 aromatic carbocycles. The Labute approximate surface area is 149 Å². The molecule has 0 bridgehead atoms. The highest BCUT2D eigenvalue weighted by molar-refractivity contribution is 5.60. The maximum Gasteiger partial charge on any atom is 0.138 e. The number of aliphatic hydroxyl groups excluding tert-OH is 1. The Morgan fingerprint density at radius 2 is 2.20 bits per heavy atom. The third kappa shape index (κ3) is 2.14. The Hall–Kier alpha value is -1.78. The number of rotatable bonds is 5. The molecule has 0 saturated carbocycles. The predicted octanol–water partition coefficient (Wildman–Crippen LogP) is 2.78. The fraction of sp³-hybridized carbons (Fsp3) is 0.524. The van der Waals surface area contributed by atoms with E-state index in [1.807, 2.05) is 18.2 Å². The summed E-state index contributed by atoms with van der Waals surface area (Å²) < 4.78 is 6.26. The van der Waals surface area contributed by atoms with E-state index in [1.165, 1.54) is 0 Å². The van der Waals surface area contributed by atoms with Crippen molar-refractivity contribution >= 4 is 0 Å². The van der Waals surface area contributed by atoms with Crippen LogP contribution >= 0.6 is 0 Å². The summed E-state index contributed by atoms with van der Waals surface area (Å²) in [6.45, 7) is 6.85. The number of aliphatic hydroxyl groups is 1. The largest absolute Gasteiger partial charge is 0.508 e. The highest BCUT2D eigenvalue weighted by atomic mass is 16.5. The zero-order valence-electron chi connectivity index (χ0n) is 15.0. The van der Waals surface area contributed by atoms with Crippen molar-refractivity contribution in [3.8, 4) is 11.5 Å². The van der Waals surface area contributed by atoms with E-state index in [0.717, 1.165) is 42.7 Å². The topological polar surface area (TPSA) is 52.9 Å². The molecule has 4 rings (SSSR count). The van der Waals surface area contributed by atoms with E-state index in [2.05, 4.69) is 31.5 Å². The summed E-state index contributed by atoms with van der Waals surface area (Å²) in [5.41, 5.74) is 1.86. The van der Waals surface area contributed by atoms with E-state index in [-0.39, 0.29) is 23.5 Å². The number of phenols is 1. The van der Waals surface area contributed by atoms with Gasteiger partial charge in [-0.25, -0.2) is 0 Å². The normalized spacial score (nSPS) is 34.7. The molecular formula is C21H27NO3. The van der Waals surface area contributed by atoms with Gasteiger partial charge in [0.1, 0.15) is 23.7 Å². The molecule has 3 aliphatic rings. The van der Waals surface area contributed by atoms with E-state index in [9.17, 15) is 10.2 Å². The molecule has 1 aromatic rings. The molecule has 0 fully saturated rings. The summed E-state index contributed by atoms with van der Waals surface area (Å²) in [5, 5.41) is 21.3. The summed E-state index contributed by atoms with van der Waals surface area (Å²) >= 11 is 0. The average molecular weight is 341 g/mol. The lowest BCUT2D eigenvalue weighted by Gasteiger charge is -2.52. The van der Waals surface area contributed by atoms with Crippen molar-refractivity contribution in [3.63, 3.8) is 0 Å². The third-order valence-electron chi connectivity index (χ3n) is 6.37. The van der Waals surface area contributed by atoms with Crippen LogP contribution in [-0.2, 0) is 11.8 Å². The third-order valence-corrected chi connectivity index (χ3v) is 6.37. The van der Waals surface area contributed by atoms with Gasteiger partial charge in [-0.05, 0) is 32.0 Å². The fourth-order valence-corrected chi connectivity index (χ4v) is 5.48. The van der Waals surface area contributed by atoms with Crippen LogP contribution in [0.1, 0.15) is 30.9 Å². The first-order valence-corrected chi connectivity index (χ1v) is 9.24. The van der Waals surface area contributed by atoms with Crippen LogP contribution in [0, 0.1) is 5.92 Å². The van der Waals surface area contributed by atoms with Crippen molar-refractivity contribution in [3.05, 3.63) is 48.1 Å². The lowest BCUT2D eigenvalue weighted by molar-refractivity contribution is -0.0182. The van der Waals surface area contributed by atoms with Gasteiger partial charge >= 0.3 is 0 Å². The van der Waals surface area contributed by atoms with Crippen LogP contribution in [-0.4, -0.2) is 47.0 Å². The van der Waals surface area contributed by atoms with Gasteiger partial charge in [0.05, 0.1) is 0 Å². The second kappa shape index (κ2) is 5.89. The molecule has 25 heavy (non-hydrogen) atoms. The zero-order valence-corrected chi connectivity index (χ0v) is 15.0. The van der Waals surface area contributed by atoms with Crippen LogP contribution in [0.25, 0.3) is 0 Å². The summed E-state index contributed by atoms with van der Waals surface area (Å²) in [7, 11) is 2.11. The minimum absolute atomic E-state index is 0.242. The molecule has 0 aromatic heterocycles. The monoisotopic (exact) mass is 341 g/mol. The van der Waals surface area contributed by atoms with Gasteiger partial charge in [0, 0.05) is 35.0 Å². The molecule has 0 spiro atoms. The summed E-state index contributed by atoms with van der Waals surface area (Å²) in [5.74, 6) is 1.43. The number of hydrogen-bond donors (Lipinski definition) is 2. The molecule has 4 heteroatoms. The van der Waals surface area contributed by atoms with Gasteiger partial charge in [0.25, 0.3) is 0 Å². The predicted molar refractivity (Wildman–Crippen MR) is 98.1 cm³/mol. The van der Waals surface area contributed by atoms with Gasteiger partial charge in [-0.2, -0.15) is 0 Å². The standard InChI is InChI=1S/C21H27NO3/c1-4-10-21-14-6-7-17(24)20(21)25-18-9-8-16(23)13(19(18)21)12-15(14)22(3)11-5-2/h5-9,14-15,17,20,23-24H,2,4,10-12H2,1,3H3/t14?,15?,17-,20?,21-/m0/s1. The Balaban J connectivity index is 1.95. The first-order valence-electron chi connectivity index (χ1n) is 9.24. The van der Waals surface area contributed by atoms with E-state index in [1.54, 1.807) is 6.07 Å². The number of hydrogen-bond acceptors (Lipinski definition) is 4. The second-order valence-corrected chi connectivity index (χ2v) is 7.67. The van der Waals surface area contributed by atoms with Gasteiger partial charge in [0.2, 0.25) is 0 Å². The molecule has 4 nitrogen and oxygen atoms in total. The van der Waals surface area contributed by atoms with Crippen molar-refractivity contribution in [1.82, 2.24) is 4.90 Å². The summed E-state index contributed by atoms with van der Waals surface area (Å²) in [4.78, 5) is 2.31. The number of benzene rings is 1. The number of nitrogens with zero attached hydrogens (tertiary/aromatic N) is 1. The van der Waals surface area contributed by atoms with Crippen LogP contribution in [0.5, 0.6) is 11.5 Å². The molecule has 3 unspecified atom stereocenters. The molecule has 0 radical (unpaired) electrons. The molecule has 2 N–H and O–H groups in total. The van der Waals surface area contributed by atoms with Gasteiger partial charge in [-0.1, -0.05) is 31.6 Å². The van der Waals surface area contributed by atoms with Crippen LogP contribution in [0.2, 0.25) is 0 Å². The minimum atomic E-state index is -0.617. The summed E-state index contributed by atoms with van der Waals surface area (Å²) in [6, 6.07) is 3.84. The number of phenolic OH excluding ortho intramolecular Hbond substituents is 1. The molecular weight excluding hydrogens is 314 g/mol. The van der Waals surface area contributed by atoms with Gasteiger partial charge in [-0.3, -0.25) is 4.90 Å². The maximum atomic E-state index is 10.7. The van der Waals surface area contributed by atoms with Gasteiger partial charge in [-0.15, -0.1) is 6.58 Å². The van der Waals surface area contributed by atoms with Gasteiger partial charge < -0.3 is 14.9 Å². The first-order chi connectivity index (χ1) is 12.0. The molecule has 0 saturated heterocycles. The van der Waals surface area contributed by atoms with E-state index in [4.69, 9.17) is 4.74 Å². The minimum Gasteiger partial charge on any atom is -0.508 e. The quantitative estimate of drug-likeness (QED) is 0.809. The molecule has 2 aliphatic carbocycles. The zero-order chi connectivity index (χ0) is 17.8. The Bertz CT molecular complexity index is 728. The molecule has 1 aliphatic heterocycles. The van der Waals surface area contributed by atoms with Crippen molar-refractivity contribution in [1.29, 1.82) is 0 Å². The smallest absolute Gasteiger partial charge is 0.138 e. The molecule has 134 valence electrons. The lowest BCUT2D eigenvalue weighted by atomic mass is 9.54. The fourth-order valence-electron chi connectivity index (χ4n) is 5.48. The van der Waals surface area contributed by atoms with Crippen molar-refractivity contribution in [2.24, 2.45) is 5.92 Å². The van der Waals surface area contributed by atoms with Crippen LogP contribution in [0.3, 0.4) is 0 Å². The molecule has 1 heterocycles. The SMILES string of the molecule is C=CCN(C)C1Cc2c(O)ccc3c2[C@]2(CCC)C1C=C[C@H](O)C2O3. The summed E-state index contributed by atoms with van der Waals surface area (Å²) in [6.07, 6.45) is 7.83. The Kier molecular flexibility index (Phi) is 3.93.